The van der Waals surface area contributed by atoms with Crippen molar-refractivity contribution in [3.8, 4) is 5.75 Å². The van der Waals surface area contributed by atoms with E-state index in [1.165, 1.54) is 12.1 Å². The van der Waals surface area contributed by atoms with E-state index in [1.54, 1.807) is 38.2 Å². The third-order valence-corrected chi connectivity index (χ3v) is 7.51. The molecule has 0 saturated carbocycles. The van der Waals surface area contributed by atoms with Gasteiger partial charge in [-0.05, 0) is 44.2 Å². The van der Waals surface area contributed by atoms with Gasteiger partial charge in [0.1, 0.15) is 23.8 Å². The van der Waals surface area contributed by atoms with Crippen LogP contribution in [0.25, 0.3) is 11.0 Å². The number of piperidine rings is 1. The fourth-order valence-corrected chi connectivity index (χ4v) is 5.41. The number of hydrogen-bond acceptors (Lipinski definition) is 6. The Bertz CT molecular complexity index is 1620. The third kappa shape index (κ3) is 7.18. The Morgan fingerprint density at radius 1 is 1.16 bits per heavy atom. The van der Waals surface area contributed by atoms with Crippen molar-refractivity contribution in [3.05, 3.63) is 84.1 Å². The lowest BCUT2D eigenvalue weighted by Gasteiger charge is -2.33. The number of aromatic nitrogens is 3. The van der Waals surface area contributed by atoms with Crippen LogP contribution in [0.5, 0.6) is 5.75 Å². The van der Waals surface area contributed by atoms with Gasteiger partial charge >= 0.3 is 0 Å². The topological polar surface area (TPSA) is 79.1 Å². The molecule has 226 valence electrons. The number of fused-ring (bicyclic) bond motifs is 1. The van der Waals surface area contributed by atoms with E-state index >= 15 is 0 Å². The first-order valence-electron chi connectivity index (χ1n) is 14.5. The maximum atomic E-state index is 13.8. The molecule has 43 heavy (non-hydrogen) atoms. The van der Waals surface area contributed by atoms with Gasteiger partial charge in [0.25, 0.3) is 5.92 Å². The van der Waals surface area contributed by atoms with Gasteiger partial charge in [0.05, 0.1) is 17.2 Å². The summed E-state index contributed by atoms with van der Waals surface area (Å²) in [6.45, 7) is 10.1. The molecule has 10 heteroatoms. The van der Waals surface area contributed by atoms with Crippen LogP contribution in [-0.4, -0.2) is 45.6 Å². The minimum Gasteiger partial charge on any atom is -0.489 e. The first-order chi connectivity index (χ1) is 20.5. The Balaban J connectivity index is 1.27. The van der Waals surface area contributed by atoms with E-state index in [9.17, 15) is 13.2 Å². The van der Waals surface area contributed by atoms with Gasteiger partial charge in [0, 0.05) is 68.3 Å². The fourth-order valence-electron chi connectivity index (χ4n) is 5.41. The Morgan fingerprint density at radius 3 is 2.60 bits per heavy atom. The summed E-state index contributed by atoms with van der Waals surface area (Å²) in [4.78, 5) is 11.6. The van der Waals surface area contributed by atoms with Crippen molar-refractivity contribution in [1.29, 1.82) is 5.41 Å². The summed E-state index contributed by atoms with van der Waals surface area (Å²) in [6.07, 6.45) is 2.40. The van der Waals surface area contributed by atoms with Crippen LogP contribution in [-0.2, 0) is 12.5 Å². The SMILES string of the molecule is C=C(CC(C)F)Cn1c(N2CCC(Oc3cnc(Nc4cccc(C(C)(F)F)c4)c(C(C)=N)c3)CC2)nc2ccccc21. The molecule has 7 nitrogen and oxygen atoms in total. The van der Waals surface area contributed by atoms with E-state index in [4.69, 9.17) is 15.1 Å². The van der Waals surface area contributed by atoms with Gasteiger partial charge in [-0.3, -0.25) is 0 Å². The molecule has 0 bridgehead atoms. The maximum Gasteiger partial charge on any atom is 0.270 e. The molecule has 0 radical (unpaired) electrons. The molecule has 1 aliphatic heterocycles. The van der Waals surface area contributed by atoms with Crippen LogP contribution < -0.4 is 15.0 Å². The summed E-state index contributed by atoms with van der Waals surface area (Å²) in [5.74, 6) is -1.18. The van der Waals surface area contributed by atoms with Crippen LogP contribution in [0.3, 0.4) is 0 Å². The van der Waals surface area contributed by atoms with Crippen molar-refractivity contribution in [2.75, 3.05) is 23.3 Å². The molecule has 0 amide bonds. The van der Waals surface area contributed by atoms with Gasteiger partial charge in [0.2, 0.25) is 5.95 Å². The van der Waals surface area contributed by atoms with Gasteiger partial charge in [-0.1, -0.05) is 36.4 Å². The number of alkyl halides is 3. The van der Waals surface area contributed by atoms with Gasteiger partial charge in [0.15, 0.2) is 0 Å². The van der Waals surface area contributed by atoms with Crippen LogP contribution in [0.1, 0.15) is 51.2 Å². The third-order valence-electron chi connectivity index (χ3n) is 7.51. The molecule has 1 aliphatic rings. The maximum absolute atomic E-state index is 13.8. The van der Waals surface area contributed by atoms with E-state index in [-0.39, 0.29) is 17.4 Å². The largest absolute Gasteiger partial charge is 0.489 e. The summed E-state index contributed by atoms with van der Waals surface area (Å²) in [6, 6.07) is 15.7. The molecule has 1 saturated heterocycles. The van der Waals surface area contributed by atoms with E-state index in [1.807, 2.05) is 24.3 Å². The second kappa shape index (κ2) is 12.5. The van der Waals surface area contributed by atoms with Crippen molar-refractivity contribution in [2.24, 2.45) is 0 Å². The highest BCUT2D eigenvalue weighted by Gasteiger charge is 2.26. The number of allylic oxidation sites excluding steroid dienone is 1. The molecular weight excluding hydrogens is 553 g/mol. The molecular formula is C33H37F3N6O. The molecule has 2 aromatic heterocycles. The Kier molecular flexibility index (Phi) is 8.75. The van der Waals surface area contributed by atoms with E-state index in [0.717, 1.165) is 55.4 Å². The average molecular weight is 591 g/mol. The zero-order valence-electron chi connectivity index (χ0n) is 24.7. The molecule has 5 rings (SSSR count). The molecule has 2 N–H and O–H groups in total. The zero-order chi connectivity index (χ0) is 30.7. The highest BCUT2D eigenvalue weighted by atomic mass is 19.3. The lowest BCUT2D eigenvalue weighted by atomic mass is 10.1. The molecule has 1 fully saturated rings. The van der Waals surface area contributed by atoms with E-state index < -0.39 is 12.1 Å². The summed E-state index contributed by atoms with van der Waals surface area (Å²) < 4.78 is 49.7. The number of benzene rings is 2. The number of rotatable bonds is 11. The van der Waals surface area contributed by atoms with Crippen LogP contribution in [0.4, 0.5) is 30.6 Å². The predicted molar refractivity (Wildman–Crippen MR) is 166 cm³/mol. The van der Waals surface area contributed by atoms with Crippen molar-refractivity contribution in [1.82, 2.24) is 14.5 Å². The minimum absolute atomic E-state index is 0.0561. The molecule has 1 unspecified atom stereocenters. The number of nitrogens with one attached hydrogen (secondary N) is 2. The van der Waals surface area contributed by atoms with Gasteiger partial charge in [-0.15, -0.1) is 0 Å². The molecule has 0 aliphatic carbocycles. The van der Waals surface area contributed by atoms with Crippen molar-refractivity contribution in [2.45, 2.75) is 64.8 Å². The fraction of sp³-hybridized carbons (Fsp3) is 0.364. The highest BCUT2D eigenvalue weighted by molar-refractivity contribution is 6.01. The first-order valence-corrected chi connectivity index (χ1v) is 14.5. The second-order valence-corrected chi connectivity index (χ2v) is 11.3. The molecule has 2 aromatic carbocycles. The monoisotopic (exact) mass is 590 g/mol. The Hall–Kier alpha value is -4.34. The van der Waals surface area contributed by atoms with E-state index in [0.29, 0.717) is 35.8 Å². The number of nitrogens with zero attached hydrogens (tertiary/aromatic N) is 4. The van der Waals surface area contributed by atoms with E-state index in [2.05, 4.69) is 26.3 Å². The second-order valence-electron chi connectivity index (χ2n) is 11.3. The molecule has 1 atom stereocenters. The quantitative estimate of drug-likeness (QED) is 0.137. The number of ether oxygens (including phenoxy) is 1. The first kappa shape index (κ1) is 30.1. The number of halogens is 3. The summed E-state index contributed by atoms with van der Waals surface area (Å²) in [7, 11) is 0. The summed E-state index contributed by atoms with van der Waals surface area (Å²) in [5, 5.41) is 11.4. The van der Waals surface area contributed by atoms with Crippen LogP contribution in [0, 0.1) is 5.41 Å². The number of hydrogen-bond donors (Lipinski definition) is 2. The van der Waals surface area contributed by atoms with Crippen LogP contribution in [0.15, 0.2) is 72.9 Å². The predicted octanol–water partition coefficient (Wildman–Crippen LogP) is 8.03. The van der Waals surface area contributed by atoms with Crippen LogP contribution in [0.2, 0.25) is 0 Å². The smallest absolute Gasteiger partial charge is 0.270 e. The van der Waals surface area contributed by atoms with Crippen molar-refractivity contribution < 1.29 is 17.9 Å². The minimum atomic E-state index is -2.96. The number of para-hydroxylation sites is 2. The molecule has 3 heterocycles. The van der Waals surface area contributed by atoms with Crippen molar-refractivity contribution in [3.63, 3.8) is 0 Å². The number of imidazole rings is 1. The van der Waals surface area contributed by atoms with Gasteiger partial charge < -0.3 is 24.9 Å². The van der Waals surface area contributed by atoms with Crippen molar-refractivity contribution >= 4 is 34.2 Å². The highest BCUT2D eigenvalue weighted by Crippen LogP contribution is 2.32. The number of anilines is 3. The van der Waals surface area contributed by atoms with Crippen LogP contribution >= 0.6 is 0 Å². The van der Waals surface area contributed by atoms with Gasteiger partial charge in [-0.2, -0.15) is 0 Å². The standard InChI is InChI=1S/C33H37F3N6O/c1-21(16-22(2)34)20-42-30-11-6-5-10-29(30)40-32(42)41-14-12-26(13-15-41)43-27-18-28(23(3)37)31(38-19-27)39-25-9-7-8-24(17-25)33(4,35)36/h5-11,17-19,22,26,37H,1,12-16,20H2,2-4H3,(H,38,39). The lowest BCUT2D eigenvalue weighted by molar-refractivity contribution is 0.0175. The average Bonchev–Trinajstić information content (AvgIpc) is 3.31. The molecule has 4 aromatic rings. The normalized spacial score (nSPS) is 15.0. The molecule has 0 spiro atoms. The Labute approximate surface area is 249 Å². The summed E-state index contributed by atoms with van der Waals surface area (Å²) in [5.41, 5.74) is 3.86. The zero-order valence-corrected chi connectivity index (χ0v) is 24.7. The Morgan fingerprint density at radius 2 is 1.91 bits per heavy atom. The van der Waals surface area contributed by atoms with Gasteiger partial charge in [-0.25, -0.2) is 23.1 Å². The lowest BCUT2D eigenvalue weighted by Crippen LogP contribution is -2.39. The summed E-state index contributed by atoms with van der Waals surface area (Å²) >= 11 is 0. The number of pyridine rings is 1.